The number of rotatable bonds is 14. The fourth-order valence-corrected chi connectivity index (χ4v) is 7.92. The van der Waals surface area contributed by atoms with Crippen LogP contribution in [0, 0.1) is 13.8 Å². The molecule has 0 fully saturated rings. The van der Waals surface area contributed by atoms with E-state index >= 15 is 0 Å². The molecule has 6 aromatic rings. The fourth-order valence-electron chi connectivity index (χ4n) is 5.29. The second-order valence-corrected chi connectivity index (χ2v) is 15.2. The van der Waals surface area contributed by atoms with E-state index in [1.54, 1.807) is 97.1 Å². The average Bonchev–Trinajstić information content (AvgIpc) is 3.11. The first-order valence-corrected chi connectivity index (χ1v) is 19.2. The van der Waals surface area contributed by atoms with Crippen molar-refractivity contribution in [3.63, 3.8) is 0 Å². The smallest absolute Gasteiger partial charge is 0.386 e. The molecule has 0 aliphatic heterocycles. The molecule has 0 saturated heterocycles. The van der Waals surface area contributed by atoms with Gasteiger partial charge in [0.2, 0.25) is 0 Å². The van der Waals surface area contributed by atoms with Gasteiger partial charge in [0.25, 0.3) is 0 Å². The first-order chi connectivity index (χ1) is 24.5. The van der Waals surface area contributed by atoms with Crippen LogP contribution < -0.4 is 27.1 Å². The largest absolute Gasteiger partial charge is 0.647 e. The molecule has 10 heteroatoms. The Bertz CT molecular complexity index is 2070. The molecule has 0 amide bonds. The van der Waals surface area contributed by atoms with E-state index in [-0.39, 0.29) is 0 Å². The molecule has 6 rings (SSSR count). The normalized spacial score (nSPS) is 12.6. The van der Waals surface area contributed by atoms with Crippen LogP contribution in [0.3, 0.4) is 0 Å². The lowest BCUT2D eigenvalue weighted by molar-refractivity contribution is 0.296. The quantitative estimate of drug-likeness (QED) is 0.103. The van der Waals surface area contributed by atoms with Crippen LogP contribution in [0.15, 0.2) is 158 Å². The molecule has 0 aromatic heterocycles. The predicted octanol–water partition coefficient (Wildman–Crippen LogP) is 11.9. The van der Waals surface area contributed by atoms with Crippen LogP contribution in [0.2, 0.25) is 0 Å². The lowest BCUT2D eigenvalue weighted by Crippen LogP contribution is -2.18. The van der Waals surface area contributed by atoms with E-state index in [2.05, 4.69) is 13.8 Å². The summed E-state index contributed by atoms with van der Waals surface area (Å²) in [6, 6.07) is 46.5. The van der Waals surface area contributed by atoms with Gasteiger partial charge in [-0.1, -0.05) is 111 Å². The Labute approximate surface area is 298 Å². The molecule has 0 saturated carbocycles. The molecule has 260 valence electrons. The van der Waals surface area contributed by atoms with Crippen molar-refractivity contribution < 1.29 is 36.3 Å². The third kappa shape index (κ3) is 9.04. The van der Waals surface area contributed by atoms with Crippen LogP contribution in [-0.2, 0) is 14.5 Å². The summed E-state index contributed by atoms with van der Waals surface area (Å²) in [7, 11) is -8.31. The van der Waals surface area contributed by atoms with Gasteiger partial charge in [-0.3, -0.25) is 0 Å². The van der Waals surface area contributed by atoms with Crippen LogP contribution in [-0.4, -0.2) is 0 Å². The number of aryl methyl sites for hydroxylation is 2. The Morgan fingerprint density at radius 2 is 0.667 bits per heavy atom. The highest BCUT2D eigenvalue weighted by molar-refractivity contribution is 7.50. The van der Waals surface area contributed by atoms with E-state index < -0.39 is 21.1 Å². The van der Waals surface area contributed by atoms with Crippen LogP contribution in [0.4, 0.5) is 0 Å². The molecule has 1 atom stereocenters. The Kier molecular flexibility index (Phi) is 10.6. The first kappa shape index (κ1) is 35.4. The lowest BCUT2D eigenvalue weighted by Gasteiger charge is -2.27. The second-order valence-electron chi connectivity index (χ2n) is 12.3. The van der Waals surface area contributed by atoms with Crippen LogP contribution in [0.1, 0.15) is 36.1 Å². The van der Waals surface area contributed by atoms with E-state index in [1.165, 1.54) is 0 Å². The van der Waals surface area contributed by atoms with Crippen molar-refractivity contribution in [1.29, 1.82) is 0 Å². The van der Waals surface area contributed by atoms with Gasteiger partial charge in [-0.15, -0.1) is 0 Å². The zero-order chi connectivity index (χ0) is 35.9. The van der Waals surface area contributed by atoms with Crippen molar-refractivity contribution >= 4 is 15.6 Å². The summed E-state index contributed by atoms with van der Waals surface area (Å²) in [6.07, 6.45) is 0. The van der Waals surface area contributed by atoms with Gasteiger partial charge >= 0.3 is 15.6 Å². The van der Waals surface area contributed by atoms with Crippen LogP contribution in [0.25, 0.3) is 0 Å². The zero-order valence-electron chi connectivity index (χ0n) is 28.7. The molecule has 0 heterocycles. The Morgan fingerprint density at radius 3 is 1.00 bits per heavy atom. The van der Waals surface area contributed by atoms with Crippen LogP contribution in [0.5, 0.6) is 34.5 Å². The van der Waals surface area contributed by atoms with Gasteiger partial charge in [-0.05, 0) is 96.8 Å². The highest BCUT2D eigenvalue weighted by Gasteiger charge is 2.35. The number of phosphoric ester groups is 2. The van der Waals surface area contributed by atoms with Gasteiger partial charge < -0.3 is 27.1 Å². The maximum Gasteiger partial charge on any atom is 0.647 e. The van der Waals surface area contributed by atoms with Crippen molar-refractivity contribution in [3.8, 4) is 34.5 Å². The minimum Gasteiger partial charge on any atom is -0.386 e. The van der Waals surface area contributed by atoms with Crippen molar-refractivity contribution in [2.24, 2.45) is 0 Å². The molecule has 0 aliphatic rings. The van der Waals surface area contributed by atoms with E-state index in [1.807, 2.05) is 74.5 Å². The number of para-hydroxylation sites is 4. The maximum atomic E-state index is 14.1. The SMILES string of the molecule is Cc1cccc(C)c1OP(=O)(Oc1ccccc1)Oc1ccc(C(C)(C)c2ccc(OP(=O)(Oc3ccccc3)Oc3ccccc3)cc2)cc1. The van der Waals surface area contributed by atoms with Gasteiger partial charge in [0.05, 0.1) is 0 Å². The third-order valence-electron chi connectivity index (χ3n) is 8.08. The Balaban J connectivity index is 1.19. The standard InChI is InChI=1S/C41H38O8P2/c1-31-15-14-16-32(2)40(31)49-51(43,46-37-21-12-7-13-22-37)48-39-29-25-34(26-30-39)41(3,4)33-23-27-38(28-24-33)47-50(42,44-35-17-8-5-9-18-35)45-36-19-10-6-11-20-36/h5-30H,1-4H3. The monoisotopic (exact) mass is 720 g/mol. The molecule has 0 bridgehead atoms. The fraction of sp³-hybridized carbons (Fsp3) is 0.122. The van der Waals surface area contributed by atoms with Crippen molar-refractivity contribution in [1.82, 2.24) is 0 Å². The van der Waals surface area contributed by atoms with Crippen molar-refractivity contribution in [2.45, 2.75) is 33.1 Å². The summed E-state index contributed by atoms with van der Waals surface area (Å²) in [6.45, 7) is 7.91. The molecule has 51 heavy (non-hydrogen) atoms. The lowest BCUT2D eigenvalue weighted by atomic mass is 9.78. The zero-order valence-corrected chi connectivity index (χ0v) is 30.5. The summed E-state index contributed by atoms with van der Waals surface area (Å²) in [4.78, 5) is 0. The van der Waals surface area contributed by atoms with E-state index in [9.17, 15) is 9.13 Å². The summed E-state index contributed by atoms with van der Waals surface area (Å²) in [5, 5.41) is 0. The Morgan fingerprint density at radius 1 is 0.373 bits per heavy atom. The highest BCUT2D eigenvalue weighted by Crippen LogP contribution is 2.52. The number of hydrogen-bond acceptors (Lipinski definition) is 8. The summed E-state index contributed by atoms with van der Waals surface area (Å²) in [5.74, 6) is 2.12. The third-order valence-corrected chi connectivity index (χ3v) is 10.7. The van der Waals surface area contributed by atoms with Crippen molar-refractivity contribution in [3.05, 3.63) is 180 Å². The predicted molar refractivity (Wildman–Crippen MR) is 199 cm³/mol. The number of benzene rings is 6. The maximum absolute atomic E-state index is 14.1. The molecule has 0 spiro atoms. The minimum atomic E-state index is -4.18. The van der Waals surface area contributed by atoms with Crippen molar-refractivity contribution in [2.75, 3.05) is 0 Å². The molecule has 0 radical (unpaired) electrons. The van der Waals surface area contributed by atoms with Gasteiger partial charge in [0.15, 0.2) is 0 Å². The molecular formula is C41H38O8P2. The molecule has 6 aromatic carbocycles. The second kappa shape index (κ2) is 15.2. The highest BCUT2D eigenvalue weighted by atomic mass is 31.2. The molecule has 0 aliphatic carbocycles. The van der Waals surface area contributed by atoms with Gasteiger partial charge in [0.1, 0.15) is 34.5 Å². The average molecular weight is 721 g/mol. The summed E-state index contributed by atoms with van der Waals surface area (Å²) in [5.41, 5.74) is 3.06. The van der Waals surface area contributed by atoms with E-state index in [4.69, 9.17) is 27.1 Å². The first-order valence-electron chi connectivity index (χ1n) is 16.3. The Hall–Kier alpha value is -5.42. The minimum absolute atomic E-state index is 0.312. The number of phosphoric acid groups is 2. The molecule has 0 N–H and O–H groups in total. The van der Waals surface area contributed by atoms with Gasteiger partial charge in [-0.25, -0.2) is 0 Å². The van der Waals surface area contributed by atoms with E-state index in [0.717, 1.165) is 22.3 Å². The summed E-state index contributed by atoms with van der Waals surface area (Å²) < 4.78 is 63.3. The van der Waals surface area contributed by atoms with Gasteiger partial charge in [0, 0.05) is 5.41 Å². The molecule has 8 nitrogen and oxygen atoms in total. The number of hydrogen-bond donors (Lipinski definition) is 0. The van der Waals surface area contributed by atoms with E-state index in [0.29, 0.717) is 34.5 Å². The molecular weight excluding hydrogens is 682 g/mol. The summed E-state index contributed by atoms with van der Waals surface area (Å²) >= 11 is 0. The topological polar surface area (TPSA) is 89.5 Å². The van der Waals surface area contributed by atoms with Crippen LogP contribution >= 0.6 is 15.6 Å². The molecule has 1 unspecified atom stereocenters. The van der Waals surface area contributed by atoms with Gasteiger partial charge in [-0.2, -0.15) is 9.13 Å².